The Morgan fingerprint density at radius 1 is 1.10 bits per heavy atom. The van der Waals surface area contributed by atoms with Gasteiger partial charge in [0, 0.05) is 0 Å². The first-order valence-corrected chi connectivity index (χ1v) is 5.33. The van der Waals surface area contributed by atoms with E-state index < -0.39 is 64.7 Å². The molecule has 2 rings (SSSR count). The van der Waals surface area contributed by atoms with E-state index >= 15 is 0 Å². The monoisotopic (exact) mass is 295 g/mol. The fourth-order valence-corrected chi connectivity index (χ4v) is 1.99. The number of allylic oxidation sites excluding steroid dienone is 1. The van der Waals surface area contributed by atoms with Crippen molar-refractivity contribution in [2.45, 2.75) is 19.0 Å². The van der Waals surface area contributed by atoms with Crippen LogP contribution >= 0.6 is 0 Å². The SMILES string of the molecule is O=C(C1=C([O-])c2cc(F)c(F)c(F)c2CC1)C(F)(F)F. The Kier molecular flexibility index (Phi) is 3.27. The van der Waals surface area contributed by atoms with Gasteiger partial charge in [0.1, 0.15) is 0 Å². The number of hydrogen-bond acceptors (Lipinski definition) is 2. The summed E-state index contributed by atoms with van der Waals surface area (Å²) >= 11 is 0. The molecule has 0 spiro atoms. The molecule has 0 unspecified atom stereocenters. The Morgan fingerprint density at radius 3 is 2.25 bits per heavy atom. The smallest absolute Gasteiger partial charge is 0.454 e. The molecule has 0 N–H and O–H groups in total. The molecule has 0 atom stereocenters. The lowest BCUT2D eigenvalue weighted by molar-refractivity contribution is -0.246. The van der Waals surface area contributed by atoms with Crippen LogP contribution in [0.15, 0.2) is 11.6 Å². The number of hydrogen-bond donors (Lipinski definition) is 0. The summed E-state index contributed by atoms with van der Waals surface area (Å²) in [6.45, 7) is 0. The summed E-state index contributed by atoms with van der Waals surface area (Å²) in [4.78, 5) is 11.0. The molecule has 1 aromatic rings. The van der Waals surface area contributed by atoms with Crippen LogP contribution < -0.4 is 5.11 Å². The van der Waals surface area contributed by atoms with Crippen molar-refractivity contribution in [1.29, 1.82) is 0 Å². The van der Waals surface area contributed by atoms with Crippen molar-refractivity contribution in [2.75, 3.05) is 0 Å². The van der Waals surface area contributed by atoms with Crippen molar-refractivity contribution in [3.63, 3.8) is 0 Å². The highest BCUT2D eigenvalue weighted by atomic mass is 19.4. The minimum atomic E-state index is -5.25. The van der Waals surface area contributed by atoms with Crippen molar-refractivity contribution < 1.29 is 36.2 Å². The van der Waals surface area contributed by atoms with E-state index in [4.69, 9.17) is 0 Å². The maximum atomic E-state index is 13.4. The number of carbonyl (C=O) groups excluding carboxylic acids is 1. The predicted octanol–water partition coefficient (Wildman–Crippen LogP) is 2.25. The molecule has 0 saturated heterocycles. The van der Waals surface area contributed by atoms with E-state index in [1.165, 1.54) is 0 Å². The molecule has 0 bridgehead atoms. The van der Waals surface area contributed by atoms with Gasteiger partial charge in [0.25, 0.3) is 5.78 Å². The molecular weight excluding hydrogens is 290 g/mol. The van der Waals surface area contributed by atoms with Gasteiger partial charge in [0.05, 0.1) is 0 Å². The van der Waals surface area contributed by atoms with Gasteiger partial charge in [-0.3, -0.25) is 4.79 Å². The van der Waals surface area contributed by atoms with Crippen molar-refractivity contribution in [2.24, 2.45) is 0 Å². The number of halogens is 6. The van der Waals surface area contributed by atoms with E-state index in [1.54, 1.807) is 0 Å². The zero-order chi connectivity index (χ0) is 15.2. The first-order valence-electron chi connectivity index (χ1n) is 5.33. The number of benzene rings is 1. The molecule has 20 heavy (non-hydrogen) atoms. The molecule has 2 nitrogen and oxygen atoms in total. The van der Waals surface area contributed by atoms with E-state index in [0.29, 0.717) is 6.07 Å². The molecule has 0 aromatic heterocycles. The Balaban J connectivity index is 2.62. The normalized spacial score (nSPS) is 15.3. The third-order valence-corrected chi connectivity index (χ3v) is 2.94. The van der Waals surface area contributed by atoms with Gasteiger partial charge in [-0.1, -0.05) is 5.76 Å². The third-order valence-electron chi connectivity index (χ3n) is 2.94. The number of alkyl halides is 3. The zero-order valence-electron chi connectivity index (χ0n) is 9.58. The summed E-state index contributed by atoms with van der Waals surface area (Å²) in [7, 11) is 0. The van der Waals surface area contributed by atoms with Crippen LogP contribution in [0.5, 0.6) is 0 Å². The fraction of sp³-hybridized carbons (Fsp3) is 0.250. The van der Waals surface area contributed by atoms with Crippen molar-refractivity contribution >= 4 is 11.5 Å². The molecule has 0 heterocycles. The van der Waals surface area contributed by atoms with Gasteiger partial charge in [-0.2, -0.15) is 13.2 Å². The highest BCUT2D eigenvalue weighted by Gasteiger charge is 2.41. The van der Waals surface area contributed by atoms with Gasteiger partial charge in [0.2, 0.25) is 0 Å². The zero-order valence-corrected chi connectivity index (χ0v) is 9.58. The average Bonchev–Trinajstić information content (AvgIpc) is 2.36. The Morgan fingerprint density at radius 2 is 1.70 bits per heavy atom. The second-order valence-electron chi connectivity index (χ2n) is 4.15. The minimum absolute atomic E-state index is 0.304. The van der Waals surface area contributed by atoms with Crippen LogP contribution in [-0.4, -0.2) is 12.0 Å². The molecule has 1 aromatic carbocycles. The van der Waals surface area contributed by atoms with Crippen molar-refractivity contribution in [3.05, 3.63) is 40.2 Å². The highest BCUT2D eigenvalue weighted by Crippen LogP contribution is 2.35. The Labute approximate surface area is 108 Å². The summed E-state index contributed by atoms with van der Waals surface area (Å²) < 4.78 is 76.2. The summed E-state index contributed by atoms with van der Waals surface area (Å²) in [5, 5.41) is 11.7. The second-order valence-corrected chi connectivity index (χ2v) is 4.15. The lowest BCUT2D eigenvalue weighted by Gasteiger charge is -2.27. The summed E-state index contributed by atoms with van der Waals surface area (Å²) in [6, 6.07) is 0.304. The molecule has 0 saturated carbocycles. The van der Waals surface area contributed by atoms with E-state index in [9.17, 15) is 36.2 Å². The van der Waals surface area contributed by atoms with Crippen LogP contribution in [0.25, 0.3) is 5.76 Å². The first kappa shape index (κ1) is 14.4. The molecule has 0 amide bonds. The van der Waals surface area contributed by atoms with Gasteiger partial charge >= 0.3 is 6.18 Å². The fourth-order valence-electron chi connectivity index (χ4n) is 1.99. The predicted molar refractivity (Wildman–Crippen MR) is 52.6 cm³/mol. The maximum absolute atomic E-state index is 13.4. The van der Waals surface area contributed by atoms with Crippen LogP contribution in [0.2, 0.25) is 0 Å². The summed E-state index contributed by atoms with van der Waals surface area (Å²) in [5.41, 5.74) is -2.37. The topological polar surface area (TPSA) is 40.1 Å². The van der Waals surface area contributed by atoms with Crippen molar-refractivity contribution in [1.82, 2.24) is 0 Å². The molecule has 0 aliphatic heterocycles. The summed E-state index contributed by atoms with van der Waals surface area (Å²) in [6.07, 6.45) is -6.41. The van der Waals surface area contributed by atoms with Crippen LogP contribution in [0, 0.1) is 17.5 Å². The maximum Gasteiger partial charge on any atom is 0.454 e. The average molecular weight is 295 g/mol. The van der Waals surface area contributed by atoms with E-state index in [2.05, 4.69) is 0 Å². The number of ketones is 1. The molecule has 1 aliphatic rings. The van der Waals surface area contributed by atoms with Gasteiger partial charge < -0.3 is 5.11 Å². The molecule has 8 heteroatoms. The van der Waals surface area contributed by atoms with Crippen molar-refractivity contribution in [3.8, 4) is 0 Å². The van der Waals surface area contributed by atoms with Gasteiger partial charge in [-0.05, 0) is 35.6 Å². The van der Waals surface area contributed by atoms with Crippen LogP contribution in [0.4, 0.5) is 26.3 Å². The Bertz CT molecular complexity index is 630. The number of Topliss-reactive ketones (excluding diaryl/α,β-unsaturated/α-hetero) is 1. The minimum Gasteiger partial charge on any atom is -0.872 e. The molecule has 1 aliphatic carbocycles. The Hall–Kier alpha value is -1.99. The summed E-state index contributed by atoms with van der Waals surface area (Å²) in [5.74, 6) is -8.89. The second kappa shape index (κ2) is 4.53. The van der Waals surface area contributed by atoms with Gasteiger partial charge in [-0.25, -0.2) is 13.2 Å². The van der Waals surface area contributed by atoms with Crippen LogP contribution in [0.1, 0.15) is 17.5 Å². The number of carbonyl (C=O) groups is 1. The van der Waals surface area contributed by atoms with Gasteiger partial charge in [0.15, 0.2) is 17.5 Å². The molecule has 0 fully saturated rings. The van der Waals surface area contributed by atoms with Gasteiger partial charge in [-0.15, -0.1) is 0 Å². The lowest BCUT2D eigenvalue weighted by atomic mass is 9.88. The lowest BCUT2D eigenvalue weighted by Crippen LogP contribution is -2.29. The van der Waals surface area contributed by atoms with Crippen LogP contribution in [0.3, 0.4) is 0 Å². The number of fused-ring (bicyclic) bond motifs is 1. The third kappa shape index (κ3) is 2.14. The molecular formula is C12H5F6O2-. The van der Waals surface area contributed by atoms with E-state index in [-0.39, 0.29) is 0 Å². The molecule has 108 valence electrons. The number of rotatable bonds is 1. The van der Waals surface area contributed by atoms with E-state index in [0.717, 1.165) is 0 Å². The van der Waals surface area contributed by atoms with E-state index in [1.807, 2.05) is 0 Å². The first-order chi connectivity index (χ1) is 9.14. The van der Waals surface area contributed by atoms with Crippen LogP contribution in [-0.2, 0) is 11.2 Å². The largest absolute Gasteiger partial charge is 0.872 e. The molecule has 0 radical (unpaired) electrons. The highest BCUT2D eigenvalue weighted by molar-refractivity contribution is 6.05. The quantitative estimate of drug-likeness (QED) is 0.589. The standard InChI is InChI=1S/C12H6F6O2/c13-7-3-6-4(8(14)9(7)15)1-2-5(10(6)19)11(20)12(16,17)18/h3,19H,1-2H2/p-1.